The van der Waals surface area contributed by atoms with Gasteiger partial charge in [-0.3, -0.25) is 9.36 Å². The van der Waals surface area contributed by atoms with E-state index in [9.17, 15) is 4.79 Å². The second-order valence-corrected chi connectivity index (χ2v) is 7.76. The van der Waals surface area contributed by atoms with Gasteiger partial charge in [0, 0.05) is 17.5 Å². The van der Waals surface area contributed by atoms with E-state index in [0.29, 0.717) is 18.5 Å². The Kier molecular flexibility index (Phi) is 5.26. The van der Waals surface area contributed by atoms with E-state index >= 15 is 0 Å². The van der Waals surface area contributed by atoms with Crippen LogP contribution in [0.1, 0.15) is 17.5 Å². The molecule has 4 rings (SSSR count). The quantitative estimate of drug-likeness (QED) is 0.425. The van der Waals surface area contributed by atoms with Crippen LogP contribution in [0.4, 0.5) is 0 Å². The molecule has 4 aromatic rings. The number of rotatable bonds is 6. The number of aromatic nitrogens is 2. The van der Waals surface area contributed by atoms with Gasteiger partial charge < -0.3 is 4.74 Å². The molecule has 2 aromatic heterocycles. The molecule has 28 heavy (non-hydrogen) atoms. The van der Waals surface area contributed by atoms with Crippen molar-refractivity contribution in [2.24, 2.45) is 0 Å². The Morgan fingerprint density at radius 3 is 2.68 bits per heavy atom. The monoisotopic (exact) mass is 390 g/mol. The number of ether oxygens (including phenoxy) is 1. The second kappa shape index (κ2) is 7.98. The van der Waals surface area contributed by atoms with E-state index < -0.39 is 0 Å². The number of para-hydroxylation sites is 1. The zero-order chi connectivity index (χ0) is 19.5. The largest absolute Gasteiger partial charge is 0.494 e. The van der Waals surface area contributed by atoms with Crippen LogP contribution in [0.2, 0.25) is 0 Å². The summed E-state index contributed by atoms with van der Waals surface area (Å²) in [6, 6.07) is 16.0. The Labute approximate surface area is 168 Å². The number of fused-ring (bicyclic) bond motifs is 1. The molecule has 4 nitrogen and oxygen atoms in total. The van der Waals surface area contributed by atoms with Gasteiger partial charge in [0.2, 0.25) is 0 Å². The minimum Gasteiger partial charge on any atom is -0.494 e. The SMILES string of the molecule is Cc1ccc(-c2csc3ncn(CCCOc4ccccc4)c(=O)c23)c(C)c1. The van der Waals surface area contributed by atoms with Crippen molar-refractivity contribution in [2.45, 2.75) is 26.8 Å². The summed E-state index contributed by atoms with van der Waals surface area (Å²) in [4.78, 5) is 18.4. The molecule has 0 saturated carbocycles. The van der Waals surface area contributed by atoms with Crippen LogP contribution in [-0.2, 0) is 6.54 Å². The highest BCUT2D eigenvalue weighted by Crippen LogP contribution is 2.33. The molecule has 0 bridgehead atoms. The van der Waals surface area contributed by atoms with Gasteiger partial charge in [-0.1, -0.05) is 42.0 Å². The first kappa shape index (κ1) is 18.4. The van der Waals surface area contributed by atoms with Crippen LogP contribution in [0.5, 0.6) is 5.75 Å². The minimum atomic E-state index is 0.0148. The highest BCUT2D eigenvalue weighted by Gasteiger charge is 2.14. The zero-order valence-electron chi connectivity index (χ0n) is 16.0. The topological polar surface area (TPSA) is 44.1 Å². The van der Waals surface area contributed by atoms with Gasteiger partial charge in [-0.2, -0.15) is 0 Å². The Morgan fingerprint density at radius 1 is 1.07 bits per heavy atom. The van der Waals surface area contributed by atoms with Gasteiger partial charge in [-0.05, 0) is 43.5 Å². The molecule has 0 aliphatic rings. The molecule has 2 heterocycles. The lowest BCUT2D eigenvalue weighted by Gasteiger charge is -2.09. The van der Waals surface area contributed by atoms with Gasteiger partial charge in [0.05, 0.1) is 18.3 Å². The number of benzene rings is 2. The maximum atomic E-state index is 13.1. The molecule has 0 saturated heterocycles. The van der Waals surface area contributed by atoms with Gasteiger partial charge in [-0.15, -0.1) is 11.3 Å². The van der Waals surface area contributed by atoms with E-state index in [1.54, 1.807) is 10.9 Å². The Bertz CT molecular complexity index is 1160. The summed E-state index contributed by atoms with van der Waals surface area (Å²) >= 11 is 1.52. The summed E-state index contributed by atoms with van der Waals surface area (Å²) in [5.74, 6) is 0.846. The fourth-order valence-electron chi connectivity index (χ4n) is 3.38. The number of hydrogen-bond donors (Lipinski definition) is 0. The van der Waals surface area contributed by atoms with E-state index in [2.05, 4.69) is 37.0 Å². The van der Waals surface area contributed by atoms with Crippen LogP contribution < -0.4 is 10.3 Å². The third-order valence-corrected chi connectivity index (χ3v) is 5.67. The van der Waals surface area contributed by atoms with Crippen LogP contribution in [-0.4, -0.2) is 16.2 Å². The molecule has 0 unspecified atom stereocenters. The van der Waals surface area contributed by atoms with Gasteiger partial charge in [0.15, 0.2) is 0 Å². The van der Waals surface area contributed by atoms with Gasteiger partial charge in [0.25, 0.3) is 5.56 Å². The van der Waals surface area contributed by atoms with Gasteiger partial charge in [0.1, 0.15) is 10.6 Å². The van der Waals surface area contributed by atoms with Crippen LogP contribution in [0.15, 0.2) is 65.0 Å². The third-order valence-electron chi connectivity index (χ3n) is 4.79. The van der Waals surface area contributed by atoms with Crippen molar-refractivity contribution in [3.63, 3.8) is 0 Å². The molecule has 0 fully saturated rings. The average Bonchev–Trinajstić information content (AvgIpc) is 3.12. The van der Waals surface area contributed by atoms with E-state index in [-0.39, 0.29) is 5.56 Å². The number of nitrogens with zero attached hydrogens (tertiary/aromatic N) is 2. The number of thiophene rings is 1. The zero-order valence-corrected chi connectivity index (χ0v) is 16.8. The van der Waals surface area contributed by atoms with Crippen molar-refractivity contribution in [3.05, 3.63) is 81.7 Å². The molecule has 0 atom stereocenters. The summed E-state index contributed by atoms with van der Waals surface area (Å²) < 4.78 is 7.42. The lowest BCUT2D eigenvalue weighted by Crippen LogP contribution is -2.21. The van der Waals surface area contributed by atoms with Crippen molar-refractivity contribution in [2.75, 3.05) is 6.61 Å². The lowest BCUT2D eigenvalue weighted by atomic mass is 9.99. The molecular formula is C23H22N2O2S. The highest BCUT2D eigenvalue weighted by molar-refractivity contribution is 7.17. The summed E-state index contributed by atoms with van der Waals surface area (Å²) in [5, 5.41) is 2.75. The van der Waals surface area contributed by atoms with Gasteiger partial charge >= 0.3 is 0 Å². The molecule has 2 aromatic carbocycles. The molecule has 0 aliphatic carbocycles. The van der Waals surface area contributed by atoms with Crippen molar-refractivity contribution in [1.29, 1.82) is 0 Å². The van der Waals surface area contributed by atoms with Crippen LogP contribution in [0.3, 0.4) is 0 Å². The first-order valence-corrected chi connectivity index (χ1v) is 10.2. The predicted octanol–water partition coefficient (Wildman–Crippen LogP) is 5.21. The van der Waals surface area contributed by atoms with E-state index in [1.165, 1.54) is 22.5 Å². The normalized spacial score (nSPS) is 11.1. The fraction of sp³-hybridized carbons (Fsp3) is 0.217. The van der Waals surface area contributed by atoms with Gasteiger partial charge in [-0.25, -0.2) is 4.98 Å². The average molecular weight is 391 g/mol. The lowest BCUT2D eigenvalue weighted by molar-refractivity contribution is 0.301. The molecule has 142 valence electrons. The van der Waals surface area contributed by atoms with Crippen LogP contribution in [0, 0.1) is 13.8 Å². The number of aryl methyl sites for hydroxylation is 3. The number of hydrogen-bond acceptors (Lipinski definition) is 4. The maximum absolute atomic E-state index is 13.1. The van der Waals surface area contributed by atoms with E-state index in [1.807, 2.05) is 35.7 Å². The van der Waals surface area contributed by atoms with Crippen molar-refractivity contribution < 1.29 is 4.74 Å². The Balaban J connectivity index is 1.57. The molecule has 0 N–H and O–H groups in total. The molecule has 0 amide bonds. The summed E-state index contributed by atoms with van der Waals surface area (Å²) in [7, 11) is 0. The molecule has 0 aliphatic heterocycles. The molecule has 5 heteroatoms. The van der Waals surface area contributed by atoms with Crippen molar-refractivity contribution in [3.8, 4) is 16.9 Å². The summed E-state index contributed by atoms with van der Waals surface area (Å²) in [5.41, 5.74) is 4.48. The predicted molar refractivity (Wildman–Crippen MR) is 115 cm³/mol. The first-order valence-electron chi connectivity index (χ1n) is 9.35. The van der Waals surface area contributed by atoms with Crippen molar-refractivity contribution in [1.82, 2.24) is 9.55 Å². The smallest absolute Gasteiger partial charge is 0.262 e. The maximum Gasteiger partial charge on any atom is 0.262 e. The summed E-state index contributed by atoms with van der Waals surface area (Å²) in [6.45, 7) is 5.30. The first-order chi connectivity index (χ1) is 13.6. The third kappa shape index (κ3) is 3.71. The van der Waals surface area contributed by atoms with E-state index in [4.69, 9.17) is 4.74 Å². The second-order valence-electron chi connectivity index (χ2n) is 6.91. The van der Waals surface area contributed by atoms with E-state index in [0.717, 1.165) is 28.1 Å². The fourth-order valence-corrected chi connectivity index (χ4v) is 4.28. The molecule has 0 radical (unpaired) electrons. The van der Waals surface area contributed by atoms with Crippen LogP contribution >= 0.6 is 11.3 Å². The van der Waals surface area contributed by atoms with Crippen LogP contribution in [0.25, 0.3) is 21.3 Å². The Hall–Kier alpha value is -2.92. The minimum absolute atomic E-state index is 0.0148. The summed E-state index contributed by atoms with van der Waals surface area (Å²) in [6.07, 6.45) is 2.39. The van der Waals surface area contributed by atoms with Crippen molar-refractivity contribution >= 4 is 21.6 Å². The molecule has 0 spiro atoms. The highest BCUT2D eigenvalue weighted by atomic mass is 32.1. The Morgan fingerprint density at radius 2 is 1.89 bits per heavy atom. The standard InChI is InChI=1S/C23H22N2O2S/c1-16-9-10-19(17(2)13-16)20-14-28-22-21(20)23(26)25(15-24-22)11-6-12-27-18-7-4-3-5-8-18/h3-5,7-10,13-15H,6,11-12H2,1-2H3. The molecular weight excluding hydrogens is 368 g/mol.